The molecule has 0 aliphatic carbocycles. The number of aryl methyl sites for hydroxylation is 1. The minimum Gasteiger partial charge on any atom is -0.478 e. The maximum absolute atomic E-state index is 5.49. The lowest BCUT2D eigenvalue weighted by Gasteiger charge is -2.18. The van der Waals surface area contributed by atoms with E-state index in [1.807, 2.05) is 13.8 Å². The SMILES string of the molecule is CCOc1nc(C)nc2c1CNCC2. The van der Waals surface area contributed by atoms with Gasteiger partial charge in [0.05, 0.1) is 12.3 Å². The lowest BCUT2D eigenvalue weighted by Crippen LogP contribution is -2.26. The van der Waals surface area contributed by atoms with E-state index < -0.39 is 0 Å². The van der Waals surface area contributed by atoms with Gasteiger partial charge in [-0.2, -0.15) is 4.98 Å². The third-order valence-electron chi connectivity index (χ3n) is 2.29. The van der Waals surface area contributed by atoms with E-state index in [-0.39, 0.29) is 0 Å². The van der Waals surface area contributed by atoms with Crippen molar-refractivity contribution in [2.24, 2.45) is 0 Å². The monoisotopic (exact) mass is 193 g/mol. The summed E-state index contributed by atoms with van der Waals surface area (Å²) >= 11 is 0. The van der Waals surface area contributed by atoms with Crippen molar-refractivity contribution in [3.63, 3.8) is 0 Å². The molecular formula is C10H15N3O. The van der Waals surface area contributed by atoms with Crippen molar-refractivity contribution in [3.05, 3.63) is 17.1 Å². The highest BCUT2D eigenvalue weighted by Gasteiger charge is 2.16. The van der Waals surface area contributed by atoms with E-state index in [2.05, 4.69) is 15.3 Å². The molecule has 0 bridgehead atoms. The molecule has 0 saturated heterocycles. The minimum atomic E-state index is 0.656. The van der Waals surface area contributed by atoms with Gasteiger partial charge in [0, 0.05) is 25.1 Å². The van der Waals surface area contributed by atoms with Crippen molar-refractivity contribution in [2.75, 3.05) is 13.2 Å². The third kappa shape index (κ3) is 1.70. The third-order valence-corrected chi connectivity index (χ3v) is 2.29. The lowest BCUT2D eigenvalue weighted by molar-refractivity contribution is 0.317. The Morgan fingerprint density at radius 1 is 1.43 bits per heavy atom. The van der Waals surface area contributed by atoms with Crippen LogP contribution in [0.3, 0.4) is 0 Å². The summed E-state index contributed by atoms with van der Waals surface area (Å²) in [7, 11) is 0. The highest BCUT2D eigenvalue weighted by molar-refractivity contribution is 5.32. The average Bonchev–Trinajstić information content (AvgIpc) is 2.18. The minimum absolute atomic E-state index is 0.656. The first-order chi connectivity index (χ1) is 6.81. The van der Waals surface area contributed by atoms with E-state index in [4.69, 9.17) is 4.74 Å². The average molecular weight is 193 g/mol. The van der Waals surface area contributed by atoms with Crippen LogP contribution in [0.4, 0.5) is 0 Å². The Morgan fingerprint density at radius 2 is 2.29 bits per heavy atom. The second-order valence-electron chi connectivity index (χ2n) is 3.36. The summed E-state index contributed by atoms with van der Waals surface area (Å²) in [5, 5.41) is 3.30. The van der Waals surface area contributed by atoms with Gasteiger partial charge in [-0.15, -0.1) is 0 Å². The van der Waals surface area contributed by atoms with Crippen molar-refractivity contribution >= 4 is 0 Å². The Morgan fingerprint density at radius 3 is 3.07 bits per heavy atom. The van der Waals surface area contributed by atoms with Gasteiger partial charge in [0.25, 0.3) is 0 Å². The number of hydrogen-bond acceptors (Lipinski definition) is 4. The molecule has 0 unspecified atom stereocenters. The van der Waals surface area contributed by atoms with E-state index in [0.717, 1.165) is 42.5 Å². The van der Waals surface area contributed by atoms with Crippen LogP contribution in [0, 0.1) is 6.92 Å². The van der Waals surface area contributed by atoms with Gasteiger partial charge in [-0.3, -0.25) is 0 Å². The normalized spacial score (nSPS) is 15.0. The molecule has 0 spiro atoms. The molecule has 4 nitrogen and oxygen atoms in total. The largest absolute Gasteiger partial charge is 0.478 e. The molecule has 0 fully saturated rings. The summed E-state index contributed by atoms with van der Waals surface area (Å²) in [5.74, 6) is 1.55. The second kappa shape index (κ2) is 3.92. The van der Waals surface area contributed by atoms with Crippen LogP contribution in [0.5, 0.6) is 5.88 Å². The summed E-state index contributed by atoms with van der Waals surface area (Å²) in [5.41, 5.74) is 2.27. The molecule has 14 heavy (non-hydrogen) atoms. The van der Waals surface area contributed by atoms with Gasteiger partial charge in [0.2, 0.25) is 5.88 Å². The molecule has 0 aromatic carbocycles. The van der Waals surface area contributed by atoms with Crippen molar-refractivity contribution in [1.82, 2.24) is 15.3 Å². The molecule has 0 atom stereocenters. The lowest BCUT2D eigenvalue weighted by atomic mass is 10.1. The number of nitrogens with one attached hydrogen (secondary N) is 1. The summed E-state index contributed by atoms with van der Waals surface area (Å²) < 4.78 is 5.49. The Bertz CT molecular complexity index is 338. The fourth-order valence-electron chi connectivity index (χ4n) is 1.69. The van der Waals surface area contributed by atoms with Crippen LogP contribution in [-0.4, -0.2) is 23.1 Å². The molecule has 1 aliphatic rings. The topological polar surface area (TPSA) is 47.0 Å². The summed E-state index contributed by atoms with van der Waals surface area (Å²) in [6, 6.07) is 0. The molecule has 1 aromatic rings. The molecule has 1 aliphatic heterocycles. The fraction of sp³-hybridized carbons (Fsp3) is 0.600. The summed E-state index contributed by atoms with van der Waals surface area (Å²) in [4.78, 5) is 8.73. The van der Waals surface area contributed by atoms with E-state index in [1.54, 1.807) is 0 Å². The number of nitrogens with zero attached hydrogens (tertiary/aromatic N) is 2. The van der Waals surface area contributed by atoms with Gasteiger partial charge in [0.15, 0.2) is 0 Å². The molecule has 0 amide bonds. The predicted octanol–water partition coefficient (Wildman–Crippen LogP) is 0.829. The molecule has 76 valence electrons. The van der Waals surface area contributed by atoms with E-state index in [1.165, 1.54) is 0 Å². The Balaban J connectivity index is 2.41. The Hall–Kier alpha value is -1.16. The number of aromatic nitrogens is 2. The van der Waals surface area contributed by atoms with Crippen molar-refractivity contribution in [1.29, 1.82) is 0 Å². The van der Waals surface area contributed by atoms with Crippen molar-refractivity contribution < 1.29 is 4.74 Å². The number of hydrogen-bond donors (Lipinski definition) is 1. The Labute approximate surface area is 83.7 Å². The molecule has 2 heterocycles. The first kappa shape index (κ1) is 9.40. The standard InChI is InChI=1S/C10H15N3O/c1-3-14-10-8-6-11-5-4-9(8)12-7(2)13-10/h11H,3-6H2,1-2H3. The first-order valence-electron chi connectivity index (χ1n) is 5.01. The summed E-state index contributed by atoms with van der Waals surface area (Å²) in [6.07, 6.45) is 0.971. The van der Waals surface area contributed by atoms with Gasteiger partial charge in [-0.25, -0.2) is 4.98 Å². The van der Waals surface area contributed by atoms with Crippen LogP contribution in [0.2, 0.25) is 0 Å². The molecule has 0 radical (unpaired) electrons. The second-order valence-corrected chi connectivity index (χ2v) is 3.36. The van der Waals surface area contributed by atoms with Crippen molar-refractivity contribution in [3.8, 4) is 5.88 Å². The molecule has 1 aromatic heterocycles. The number of ether oxygens (including phenoxy) is 1. The van der Waals surface area contributed by atoms with Crippen LogP contribution in [0.15, 0.2) is 0 Å². The zero-order chi connectivity index (χ0) is 9.97. The zero-order valence-corrected chi connectivity index (χ0v) is 8.63. The van der Waals surface area contributed by atoms with Crippen LogP contribution in [-0.2, 0) is 13.0 Å². The number of rotatable bonds is 2. The van der Waals surface area contributed by atoms with E-state index in [9.17, 15) is 0 Å². The smallest absolute Gasteiger partial charge is 0.221 e. The maximum atomic E-state index is 5.49. The van der Waals surface area contributed by atoms with Crippen LogP contribution in [0.25, 0.3) is 0 Å². The highest BCUT2D eigenvalue weighted by Crippen LogP contribution is 2.21. The highest BCUT2D eigenvalue weighted by atomic mass is 16.5. The molecule has 1 N–H and O–H groups in total. The molecular weight excluding hydrogens is 178 g/mol. The molecule has 4 heteroatoms. The quantitative estimate of drug-likeness (QED) is 0.755. The maximum Gasteiger partial charge on any atom is 0.221 e. The molecule has 2 rings (SSSR count). The van der Waals surface area contributed by atoms with Crippen LogP contribution >= 0.6 is 0 Å². The van der Waals surface area contributed by atoms with Gasteiger partial charge >= 0.3 is 0 Å². The van der Waals surface area contributed by atoms with Gasteiger partial charge < -0.3 is 10.1 Å². The number of fused-ring (bicyclic) bond motifs is 1. The van der Waals surface area contributed by atoms with Crippen molar-refractivity contribution in [2.45, 2.75) is 26.8 Å². The van der Waals surface area contributed by atoms with Gasteiger partial charge in [-0.05, 0) is 13.8 Å². The van der Waals surface area contributed by atoms with E-state index in [0.29, 0.717) is 6.61 Å². The predicted molar refractivity (Wildman–Crippen MR) is 53.3 cm³/mol. The molecule has 0 saturated carbocycles. The Kier molecular flexibility index (Phi) is 2.63. The van der Waals surface area contributed by atoms with Gasteiger partial charge in [-0.1, -0.05) is 0 Å². The van der Waals surface area contributed by atoms with Crippen LogP contribution in [0.1, 0.15) is 24.0 Å². The van der Waals surface area contributed by atoms with E-state index >= 15 is 0 Å². The first-order valence-corrected chi connectivity index (χ1v) is 5.01. The zero-order valence-electron chi connectivity index (χ0n) is 8.63. The fourth-order valence-corrected chi connectivity index (χ4v) is 1.69. The summed E-state index contributed by atoms with van der Waals surface area (Å²) in [6.45, 7) is 6.35. The van der Waals surface area contributed by atoms with Crippen LogP contribution < -0.4 is 10.1 Å². The van der Waals surface area contributed by atoms with Gasteiger partial charge in [0.1, 0.15) is 5.82 Å².